The highest BCUT2D eigenvalue weighted by atomic mass is 79.9. The van der Waals surface area contributed by atoms with Crippen LogP contribution in [0.3, 0.4) is 0 Å². The average Bonchev–Trinajstić information content (AvgIpc) is 3.06. The van der Waals surface area contributed by atoms with E-state index in [1.165, 1.54) is 0 Å². The number of carbonyl (C=O) groups is 2. The fourth-order valence-electron chi connectivity index (χ4n) is 3.18. The molecule has 0 fully saturated rings. The Morgan fingerprint density at radius 1 is 1.26 bits per heavy atom. The van der Waals surface area contributed by atoms with Gasteiger partial charge in [-0.2, -0.15) is 0 Å². The van der Waals surface area contributed by atoms with Crippen LogP contribution in [0.5, 0.6) is 11.5 Å². The minimum atomic E-state index is -1.98. The fourth-order valence-corrected chi connectivity index (χ4v) is 4.62. The number of hydrogen-bond acceptors (Lipinski definition) is 4. The quantitative estimate of drug-likeness (QED) is 0.422. The number of carboxylic acid groups (broad SMARTS) is 1. The molecule has 0 radical (unpaired) electrons. The second-order valence-electron chi connectivity index (χ2n) is 6.77. The van der Waals surface area contributed by atoms with E-state index in [2.05, 4.69) is 42.2 Å². The SMILES string of the molecule is CCn1c(CC(=O)NC)nc2ccc(Oc3c(Br)cc(CC(F)C(=O)O)cc3Br)cc21. The molecule has 31 heavy (non-hydrogen) atoms. The van der Waals surface area contributed by atoms with Gasteiger partial charge in [0.15, 0.2) is 5.75 Å². The highest BCUT2D eigenvalue weighted by molar-refractivity contribution is 9.11. The molecule has 0 aliphatic rings. The number of imidazole rings is 1. The summed E-state index contributed by atoms with van der Waals surface area (Å²) in [4.78, 5) is 27.1. The molecule has 0 aliphatic heterocycles. The van der Waals surface area contributed by atoms with E-state index in [9.17, 15) is 14.0 Å². The number of carboxylic acids is 1. The number of nitrogens with one attached hydrogen (secondary N) is 1. The number of rotatable bonds is 8. The van der Waals surface area contributed by atoms with E-state index in [1.807, 2.05) is 23.6 Å². The van der Waals surface area contributed by atoms with E-state index >= 15 is 0 Å². The summed E-state index contributed by atoms with van der Waals surface area (Å²) in [5, 5.41) is 11.4. The normalized spacial score (nSPS) is 12.0. The van der Waals surface area contributed by atoms with E-state index in [4.69, 9.17) is 9.84 Å². The van der Waals surface area contributed by atoms with Gasteiger partial charge in [-0.05, 0) is 68.6 Å². The van der Waals surface area contributed by atoms with Crippen molar-refractivity contribution in [2.75, 3.05) is 7.05 Å². The zero-order valence-electron chi connectivity index (χ0n) is 16.8. The third-order valence-electron chi connectivity index (χ3n) is 4.67. The van der Waals surface area contributed by atoms with E-state index in [0.717, 1.165) is 11.0 Å². The Labute approximate surface area is 194 Å². The molecule has 3 aromatic rings. The van der Waals surface area contributed by atoms with Gasteiger partial charge in [-0.3, -0.25) is 4.79 Å². The molecule has 7 nitrogen and oxygen atoms in total. The van der Waals surface area contributed by atoms with E-state index in [-0.39, 0.29) is 18.7 Å². The van der Waals surface area contributed by atoms with E-state index in [0.29, 0.717) is 38.4 Å². The molecule has 0 aliphatic carbocycles. The Hall–Kier alpha value is -2.46. The first kappa shape index (κ1) is 23.2. The molecule has 1 atom stereocenters. The van der Waals surface area contributed by atoms with Crippen molar-refractivity contribution in [3.8, 4) is 11.5 Å². The van der Waals surface area contributed by atoms with Crippen LogP contribution < -0.4 is 10.1 Å². The first-order chi connectivity index (χ1) is 14.7. The minimum absolute atomic E-state index is 0.118. The molecule has 1 unspecified atom stereocenters. The Kier molecular flexibility index (Phi) is 7.32. The van der Waals surface area contributed by atoms with Crippen molar-refractivity contribution in [2.24, 2.45) is 0 Å². The summed E-state index contributed by atoms with van der Waals surface area (Å²) >= 11 is 6.83. The lowest BCUT2D eigenvalue weighted by Crippen LogP contribution is -2.22. The maximum absolute atomic E-state index is 13.6. The standard InChI is InChI=1S/C21H20Br2FN3O4/c1-3-27-17-9-12(4-5-16(17)26-18(27)10-19(28)25-2)31-20-13(22)6-11(7-14(20)23)8-15(24)21(29)30/h4-7,9,15H,3,8,10H2,1-2H3,(H,25,28)(H,29,30). The lowest BCUT2D eigenvalue weighted by Gasteiger charge is -2.13. The van der Waals surface area contributed by atoms with Gasteiger partial charge in [-0.25, -0.2) is 14.2 Å². The monoisotopic (exact) mass is 555 g/mol. The van der Waals surface area contributed by atoms with Gasteiger partial charge in [-0.15, -0.1) is 0 Å². The molecule has 2 N–H and O–H groups in total. The van der Waals surface area contributed by atoms with Crippen molar-refractivity contribution in [2.45, 2.75) is 32.5 Å². The van der Waals surface area contributed by atoms with Gasteiger partial charge in [-0.1, -0.05) is 0 Å². The summed E-state index contributed by atoms with van der Waals surface area (Å²) in [6.07, 6.45) is -2.05. The number of fused-ring (bicyclic) bond motifs is 1. The Bertz CT molecular complexity index is 1130. The summed E-state index contributed by atoms with van der Waals surface area (Å²) < 4.78 is 22.7. The number of likely N-dealkylation sites (N-methyl/N-ethyl adjacent to an activating group) is 1. The smallest absolute Gasteiger partial charge is 0.338 e. The zero-order valence-corrected chi connectivity index (χ0v) is 20.0. The molecule has 1 amide bonds. The topological polar surface area (TPSA) is 93.5 Å². The molecule has 3 rings (SSSR count). The van der Waals surface area contributed by atoms with Gasteiger partial charge in [0, 0.05) is 26.1 Å². The number of aryl methyl sites for hydroxylation is 1. The molecule has 0 spiro atoms. The summed E-state index contributed by atoms with van der Waals surface area (Å²) in [7, 11) is 1.59. The molecule has 2 aromatic carbocycles. The summed E-state index contributed by atoms with van der Waals surface area (Å²) in [6, 6.07) is 8.69. The van der Waals surface area contributed by atoms with Gasteiger partial charge in [0.25, 0.3) is 0 Å². The number of alkyl halides is 1. The zero-order chi connectivity index (χ0) is 22.7. The van der Waals surface area contributed by atoms with Gasteiger partial charge >= 0.3 is 5.97 Å². The van der Waals surface area contributed by atoms with Gasteiger partial charge in [0.05, 0.1) is 26.4 Å². The Morgan fingerprint density at radius 3 is 2.52 bits per heavy atom. The van der Waals surface area contributed by atoms with Crippen LogP contribution in [0.15, 0.2) is 39.3 Å². The summed E-state index contributed by atoms with van der Waals surface area (Å²) in [5.41, 5.74) is 2.10. The number of amides is 1. The van der Waals surface area contributed by atoms with Gasteiger partial charge in [0.2, 0.25) is 12.1 Å². The molecule has 1 heterocycles. The average molecular weight is 557 g/mol. The number of hydrogen-bond donors (Lipinski definition) is 2. The second kappa shape index (κ2) is 9.78. The third kappa shape index (κ3) is 5.24. The van der Waals surface area contributed by atoms with Crippen LogP contribution >= 0.6 is 31.9 Å². The van der Waals surface area contributed by atoms with Gasteiger partial charge in [0.1, 0.15) is 11.6 Å². The van der Waals surface area contributed by atoms with Crippen molar-refractivity contribution in [3.05, 3.63) is 50.7 Å². The minimum Gasteiger partial charge on any atom is -0.479 e. The molecule has 10 heteroatoms. The Balaban J connectivity index is 1.91. The predicted molar refractivity (Wildman–Crippen MR) is 121 cm³/mol. The first-order valence-corrected chi connectivity index (χ1v) is 11.0. The van der Waals surface area contributed by atoms with Crippen LogP contribution in [0, 0.1) is 0 Å². The molecule has 0 saturated carbocycles. The number of aromatic nitrogens is 2. The largest absolute Gasteiger partial charge is 0.479 e. The van der Waals surface area contributed by atoms with Crippen molar-refractivity contribution < 1.29 is 23.8 Å². The molecule has 1 aromatic heterocycles. The number of nitrogens with zero attached hydrogens (tertiary/aromatic N) is 2. The predicted octanol–water partition coefficient (Wildman–Crippen LogP) is 4.63. The molecule has 0 bridgehead atoms. The highest BCUT2D eigenvalue weighted by Crippen LogP contribution is 2.39. The summed E-state index contributed by atoms with van der Waals surface area (Å²) in [6.45, 7) is 2.62. The number of ether oxygens (including phenoxy) is 1. The van der Waals surface area contributed by atoms with Crippen molar-refractivity contribution in [3.63, 3.8) is 0 Å². The third-order valence-corrected chi connectivity index (χ3v) is 5.85. The van der Waals surface area contributed by atoms with Crippen molar-refractivity contribution >= 4 is 54.8 Å². The lowest BCUT2D eigenvalue weighted by atomic mass is 10.1. The first-order valence-electron chi connectivity index (χ1n) is 9.45. The maximum atomic E-state index is 13.6. The second-order valence-corrected chi connectivity index (χ2v) is 8.48. The number of carbonyl (C=O) groups excluding carboxylic acids is 1. The van der Waals surface area contributed by atoms with Crippen LogP contribution in [0.25, 0.3) is 11.0 Å². The van der Waals surface area contributed by atoms with Crippen LogP contribution in [0.1, 0.15) is 18.3 Å². The van der Waals surface area contributed by atoms with Crippen LogP contribution in [0.2, 0.25) is 0 Å². The lowest BCUT2D eigenvalue weighted by molar-refractivity contribution is -0.142. The van der Waals surface area contributed by atoms with Crippen molar-refractivity contribution in [1.82, 2.24) is 14.9 Å². The maximum Gasteiger partial charge on any atom is 0.338 e. The fraction of sp³-hybridized carbons (Fsp3) is 0.286. The number of aliphatic carboxylic acids is 1. The molecule has 164 valence electrons. The van der Waals surface area contributed by atoms with Crippen LogP contribution in [-0.2, 0) is 29.0 Å². The van der Waals surface area contributed by atoms with Crippen molar-refractivity contribution in [1.29, 1.82) is 0 Å². The van der Waals surface area contributed by atoms with E-state index < -0.39 is 12.1 Å². The highest BCUT2D eigenvalue weighted by Gasteiger charge is 2.19. The van der Waals surface area contributed by atoms with Crippen LogP contribution in [0.4, 0.5) is 4.39 Å². The Morgan fingerprint density at radius 2 is 1.94 bits per heavy atom. The summed E-state index contributed by atoms with van der Waals surface area (Å²) in [5.74, 6) is 0.0793. The molecular formula is C21H20Br2FN3O4. The van der Waals surface area contributed by atoms with Gasteiger partial charge < -0.3 is 19.7 Å². The number of halogens is 3. The molecule has 0 saturated heterocycles. The molecular weight excluding hydrogens is 537 g/mol. The van der Waals surface area contributed by atoms with Crippen LogP contribution in [-0.4, -0.2) is 39.8 Å². The number of benzene rings is 2. The van der Waals surface area contributed by atoms with E-state index in [1.54, 1.807) is 25.2 Å².